The third-order valence-electron chi connectivity index (χ3n) is 3.75. The Kier molecular flexibility index (Phi) is 3.81. The fourth-order valence-electron chi connectivity index (χ4n) is 2.51. The van der Waals surface area contributed by atoms with Gasteiger partial charge in [-0.1, -0.05) is 34.1 Å². The van der Waals surface area contributed by atoms with Crippen LogP contribution in [0.15, 0.2) is 46.9 Å². The first kappa shape index (κ1) is 14.3. The Hall–Kier alpha value is -1.68. The van der Waals surface area contributed by atoms with E-state index in [0.29, 0.717) is 5.92 Å². The van der Waals surface area contributed by atoms with Crippen LogP contribution >= 0.6 is 15.9 Å². The summed E-state index contributed by atoms with van der Waals surface area (Å²) in [5.74, 6) is -0.484. The van der Waals surface area contributed by atoms with E-state index in [1.54, 1.807) is 13.0 Å². The Morgan fingerprint density at radius 2 is 2.10 bits per heavy atom. The Labute approximate surface area is 131 Å². The standard InChI is InChI=1S/C17H15BrFNO/c1-10-5-6-13(15(19)7-10)17(21)20-16-9-14(16)11-3-2-4-12(18)8-11/h2-8,14,16H,9H2,1H3,(H,20,21)/t14-,16+/m0/s1. The van der Waals surface area contributed by atoms with E-state index < -0.39 is 5.82 Å². The second kappa shape index (κ2) is 5.60. The highest BCUT2D eigenvalue weighted by Crippen LogP contribution is 2.41. The first-order valence-electron chi connectivity index (χ1n) is 6.87. The Bertz CT molecular complexity index is 701. The number of hydrogen-bond acceptors (Lipinski definition) is 1. The van der Waals surface area contributed by atoms with Crippen molar-refractivity contribution in [1.82, 2.24) is 5.32 Å². The molecule has 0 radical (unpaired) electrons. The fraction of sp³-hybridized carbons (Fsp3) is 0.235. The summed E-state index contributed by atoms with van der Waals surface area (Å²) >= 11 is 3.45. The van der Waals surface area contributed by atoms with Gasteiger partial charge < -0.3 is 5.32 Å². The average molecular weight is 348 g/mol. The molecule has 0 saturated heterocycles. The zero-order valence-corrected chi connectivity index (χ0v) is 13.2. The predicted octanol–water partition coefficient (Wildman–Crippen LogP) is 4.18. The molecule has 0 aromatic heterocycles. The van der Waals surface area contributed by atoms with E-state index >= 15 is 0 Å². The quantitative estimate of drug-likeness (QED) is 0.886. The molecule has 0 aliphatic heterocycles. The molecule has 1 aliphatic carbocycles. The Morgan fingerprint density at radius 3 is 2.81 bits per heavy atom. The maximum absolute atomic E-state index is 13.8. The van der Waals surface area contributed by atoms with Crippen molar-refractivity contribution < 1.29 is 9.18 Å². The minimum atomic E-state index is -0.466. The van der Waals surface area contributed by atoms with Gasteiger partial charge in [-0.3, -0.25) is 4.79 Å². The summed E-state index contributed by atoms with van der Waals surface area (Å²) in [7, 11) is 0. The first-order valence-corrected chi connectivity index (χ1v) is 7.66. The topological polar surface area (TPSA) is 29.1 Å². The Morgan fingerprint density at radius 1 is 1.29 bits per heavy atom. The largest absolute Gasteiger partial charge is 0.349 e. The summed E-state index contributed by atoms with van der Waals surface area (Å²) in [6.45, 7) is 1.80. The highest BCUT2D eigenvalue weighted by Gasteiger charge is 2.39. The van der Waals surface area contributed by atoms with Crippen molar-refractivity contribution in [2.45, 2.75) is 25.3 Å². The molecule has 0 heterocycles. The van der Waals surface area contributed by atoms with Crippen molar-refractivity contribution in [3.8, 4) is 0 Å². The highest BCUT2D eigenvalue weighted by atomic mass is 79.9. The van der Waals surface area contributed by atoms with E-state index in [-0.39, 0.29) is 17.5 Å². The lowest BCUT2D eigenvalue weighted by Gasteiger charge is -2.07. The van der Waals surface area contributed by atoms with Crippen molar-refractivity contribution >= 4 is 21.8 Å². The molecule has 2 aromatic carbocycles. The monoisotopic (exact) mass is 347 g/mol. The van der Waals surface area contributed by atoms with Crippen LogP contribution in [0.1, 0.15) is 33.8 Å². The fourth-order valence-corrected chi connectivity index (χ4v) is 2.93. The van der Waals surface area contributed by atoms with E-state index in [1.165, 1.54) is 17.7 Å². The van der Waals surface area contributed by atoms with Gasteiger partial charge >= 0.3 is 0 Å². The maximum atomic E-state index is 13.8. The SMILES string of the molecule is Cc1ccc(C(=O)N[C@@H]2C[C@H]2c2cccc(Br)c2)c(F)c1. The molecule has 1 saturated carbocycles. The third-order valence-corrected chi connectivity index (χ3v) is 4.25. The molecule has 1 amide bonds. The van der Waals surface area contributed by atoms with E-state index in [4.69, 9.17) is 0 Å². The smallest absolute Gasteiger partial charge is 0.254 e. The molecule has 4 heteroatoms. The van der Waals surface area contributed by atoms with Gasteiger partial charge in [0, 0.05) is 16.4 Å². The zero-order valence-electron chi connectivity index (χ0n) is 11.6. The van der Waals surface area contributed by atoms with Gasteiger partial charge in [0.15, 0.2) is 0 Å². The van der Waals surface area contributed by atoms with Crippen LogP contribution in [0, 0.1) is 12.7 Å². The normalized spacial score (nSPS) is 20.1. The molecule has 2 atom stereocenters. The lowest BCUT2D eigenvalue weighted by atomic mass is 10.1. The zero-order chi connectivity index (χ0) is 15.0. The number of carbonyl (C=O) groups is 1. The van der Waals surface area contributed by atoms with Gasteiger partial charge in [-0.05, 0) is 48.7 Å². The van der Waals surface area contributed by atoms with Crippen LogP contribution in [-0.4, -0.2) is 11.9 Å². The van der Waals surface area contributed by atoms with E-state index in [2.05, 4.69) is 27.3 Å². The van der Waals surface area contributed by atoms with E-state index in [9.17, 15) is 9.18 Å². The molecule has 1 aliphatic rings. The minimum Gasteiger partial charge on any atom is -0.349 e. The van der Waals surface area contributed by atoms with Gasteiger partial charge in [0.05, 0.1) is 5.56 Å². The van der Waals surface area contributed by atoms with Crippen LogP contribution in [0.5, 0.6) is 0 Å². The van der Waals surface area contributed by atoms with Gasteiger partial charge in [-0.15, -0.1) is 0 Å². The summed E-state index contributed by atoms with van der Waals surface area (Å²) < 4.78 is 14.8. The molecule has 2 aromatic rings. The van der Waals surface area contributed by atoms with Gasteiger partial charge in [-0.25, -0.2) is 4.39 Å². The van der Waals surface area contributed by atoms with Gasteiger partial charge in [0.25, 0.3) is 5.91 Å². The molecule has 3 rings (SSSR count). The number of hydrogen-bond donors (Lipinski definition) is 1. The molecule has 1 fully saturated rings. The minimum absolute atomic E-state index is 0.0903. The van der Waals surface area contributed by atoms with Crippen molar-refractivity contribution in [2.24, 2.45) is 0 Å². The summed E-state index contributed by atoms with van der Waals surface area (Å²) in [4.78, 5) is 12.1. The molecule has 21 heavy (non-hydrogen) atoms. The van der Waals surface area contributed by atoms with Crippen molar-refractivity contribution in [3.05, 3.63) is 69.4 Å². The molecule has 0 spiro atoms. The van der Waals surface area contributed by atoms with Crippen LogP contribution in [0.25, 0.3) is 0 Å². The van der Waals surface area contributed by atoms with Crippen LogP contribution in [-0.2, 0) is 0 Å². The summed E-state index contributed by atoms with van der Waals surface area (Å²) in [6, 6.07) is 12.8. The van der Waals surface area contributed by atoms with E-state index in [1.807, 2.05) is 18.2 Å². The summed E-state index contributed by atoms with van der Waals surface area (Å²) in [5, 5.41) is 2.90. The second-order valence-corrected chi connectivity index (χ2v) is 6.38. The molecule has 0 unspecified atom stereocenters. The van der Waals surface area contributed by atoms with Gasteiger partial charge in [-0.2, -0.15) is 0 Å². The van der Waals surface area contributed by atoms with Crippen molar-refractivity contribution in [1.29, 1.82) is 0 Å². The third kappa shape index (κ3) is 3.16. The average Bonchev–Trinajstić information content (AvgIpc) is 3.17. The lowest BCUT2D eigenvalue weighted by Crippen LogP contribution is -2.27. The van der Waals surface area contributed by atoms with Crippen LogP contribution < -0.4 is 5.32 Å². The number of rotatable bonds is 3. The highest BCUT2D eigenvalue weighted by molar-refractivity contribution is 9.10. The summed E-state index contributed by atoms with van der Waals surface area (Å²) in [5.41, 5.74) is 2.11. The predicted molar refractivity (Wildman–Crippen MR) is 83.9 cm³/mol. The number of amides is 1. The number of aryl methyl sites for hydroxylation is 1. The second-order valence-electron chi connectivity index (χ2n) is 5.46. The Balaban J connectivity index is 1.67. The van der Waals surface area contributed by atoms with Gasteiger partial charge in [0.1, 0.15) is 5.82 Å². The molecule has 108 valence electrons. The first-order chi connectivity index (χ1) is 10.0. The number of benzene rings is 2. The number of nitrogens with one attached hydrogen (secondary N) is 1. The van der Waals surface area contributed by atoms with Crippen LogP contribution in [0.4, 0.5) is 4.39 Å². The van der Waals surface area contributed by atoms with Crippen LogP contribution in [0.2, 0.25) is 0 Å². The van der Waals surface area contributed by atoms with Crippen molar-refractivity contribution in [2.75, 3.05) is 0 Å². The number of halogens is 2. The van der Waals surface area contributed by atoms with Crippen molar-refractivity contribution in [3.63, 3.8) is 0 Å². The molecular weight excluding hydrogens is 333 g/mol. The van der Waals surface area contributed by atoms with Gasteiger partial charge in [0.2, 0.25) is 0 Å². The molecular formula is C17H15BrFNO. The molecule has 2 nitrogen and oxygen atoms in total. The van der Waals surface area contributed by atoms with Crippen LogP contribution in [0.3, 0.4) is 0 Å². The lowest BCUT2D eigenvalue weighted by molar-refractivity contribution is 0.0946. The molecule has 0 bridgehead atoms. The van der Waals surface area contributed by atoms with E-state index in [0.717, 1.165) is 16.5 Å². The number of carbonyl (C=O) groups excluding carboxylic acids is 1. The maximum Gasteiger partial charge on any atom is 0.254 e. The molecule has 1 N–H and O–H groups in total. The summed E-state index contributed by atoms with van der Waals surface area (Å²) in [6.07, 6.45) is 0.898.